The zero-order valence-corrected chi connectivity index (χ0v) is 53.3. The van der Waals surface area contributed by atoms with Crippen LogP contribution in [0, 0.1) is 5.92 Å². The topological polar surface area (TPSA) is 573 Å². The molecule has 0 fully saturated rings. The smallest absolute Gasteiger partial charge is 0.446 e. The number of hydrogen-bond acceptors (Lipinski definition) is 21. The van der Waals surface area contributed by atoms with Crippen LogP contribution in [0.25, 0.3) is 0 Å². The molecule has 0 saturated carbocycles. The van der Waals surface area contributed by atoms with Crippen molar-refractivity contribution < 1.29 is 129 Å². The Morgan fingerprint density at radius 3 is 0.969 bits per heavy atom. The van der Waals surface area contributed by atoms with E-state index in [2.05, 4.69) is 55.1 Å². The lowest BCUT2D eigenvalue weighted by Gasteiger charge is -2.28. The molecule has 0 bridgehead atoms. The van der Waals surface area contributed by atoms with Gasteiger partial charge in [-0.3, -0.25) is 66.4 Å². The van der Waals surface area contributed by atoms with Crippen LogP contribution in [0.5, 0.6) is 17.2 Å². The highest BCUT2D eigenvalue weighted by Gasteiger charge is 2.37. The van der Waals surface area contributed by atoms with Crippen molar-refractivity contribution >= 4 is 102 Å². The first-order chi connectivity index (χ1) is 44.7. The average Bonchev–Trinajstić information content (AvgIpc) is 0.933. The molecule has 0 aliphatic carbocycles. The van der Waals surface area contributed by atoms with Crippen molar-refractivity contribution in [1.82, 2.24) is 42.5 Å². The molecule has 522 valence electrons. The minimum atomic E-state index is -5.06. The van der Waals surface area contributed by atoms with Crippen molar-refractivity contribution in [2.24, 2.45) is 5.92 Å². The van der Waals surface area contributed by atoms with E-state index in [9.17, 15) is 108 Å². The Morgan fingerprint density at radius 1 is 0.365 bits per heavy atom. The molecular formula is C57H68N8O28S3. The van der Waals surface area contributed by atoms with Gasteiger partial charge in [-0.05, 0) is 77.4 Å². The van der Waals surface area contributed by atoms with Crippen LogP contribution in [0.3, 0.4) is 0 Å². The Labute approximate surface area is 547 Å². The Kier molecular flexibility index (Phi) is 29.1. The van der Waals surface area contributed by atoms with Gasteiger partial charge in [0.25, 0.3) is 0 Å². The van der Waals surface area contributed by atoms with E-state index < -0.39 is 207 Å². The van der Waals surface area contributed by atoms with Crippen molar-refractivity contribution in [3.8, 4) is 17.2 Å². The van der Waals surface area contributed by atoms with Gasteiger partial charge in [-0.15, -0.1) is 0 Å². The second-order valence-electron chi connectivity index (χ2n) is 21.5. The van der Waals surface area contributed by atoms with Crippen molar-refractivity contribution in [1.29, 1.82) is 0 Å². The second kappa shape index (κ2) is 35.8. The molecule has 0 aliphatic heterocycles. The molecule has 36 nitrogen and oxygen atoms in total. The number of rotatable bonds is 39. The number of carbonyl (C=O) groups is 12. The molecule has 8 atom stereocenters. The van der Waals surface area contributed by atoms with Crippen LogP contribution in [-0.2, 0) is 114 Å². The normalized spacial score (nSPS) is 13.9. The maximum absolute atomic E-state index is 14.6. The van der Waals surface area contributed by atoms with Gasteiger partial charge in [0, 0.05) is 39.0 Å². The fourth-order valence-electron chi connectivity index (χ4n) is 8.95. The zero-order valence-electron chi connectivity index (χ0n) is 50.8. The first-order valence-corrected chi connectivity index (χ1v) is 32.4. The summed E-state index contributed by atoms with van der Waals surface area (Å²) < 4.78 is 109. The number of benzene rings is 4. The first kappa shape index (κ1) is 78.1. The molecule has 4 aromatic carbocycles. The fourth-order valence-corrected chi connectivity index (χ4v) is 10.0. The van der Waals surface area contributed by atoms with E-state index >= 15 is 0 Å². The summed E-state index contributed by atoms with van der Waals surface area (Å²) in [5.41, 5.74) is 0.766. The summed E-state index contributed by atoms with van der Waals surface area (Å²) >= 11 is 0. The van der Waals surface area contributed by atoms with E-state index in [-0.39, 0.29) is 41.7 Å². The first-order valence-electron chi connectivity index (χ1n) is 28.3. The number of aliphatic carboxylic acids is 4. The van der Waals surface area contributed by atoms with E-state index in [1.807, 2.05) is 0 Å². The third kappa shape index (κ3) is 29.3. The summed E-state index contributed by atoms with van der Waals surface area (Å²) in [6, 6.07) is 5.99. The maximum Gasteiger partial charge on any atom is 0.446 e. The van der Waals surface area contributed by atoms with Gasteiger partial charge in [0.05, 0.1) is 12.8 Å². The number of hydrogen-bond donors (Lipinski definition) is 15. The monoisotopic (exact) mass is 1410 g/mol. The van der Waals surface area contributed by atoms with E-state index in [0.717, 1.165) is 67.6 Å². The Morgan fingerprint density at radius 2 is 0.646 bits per heavy atom. The summed E-state index contributed by atoms with van der Waals surface area (Å²) in [5.74, 6) is -18.2. The lowest BCUT2D eigenvalue weighted by atomic mass is 9.99. The Bertz CT molecular complexity index is 3820. The maximum atomic E-state index is 14.6. The van der Waals surface area contributed by atoms with Crippen molar-refractivity contribution in [3.63, 3.8) is 0 Å². The standard InChI is InChI=1S/C57H68N8O28S3/c1-30(2)23-40(60-53(76)42(25-34-11-17-37(18-12-34)92-95(85,86)87)61-50(73)39(21-22-47(67)68)59-52(75)41(58-31(3)66)24-33-9-15-36(16-10-33)91-94(82,83)84)51(74)63-44(28-48(69)70)55(78)62-43(26-35-13-19-38(20-14-35)93-96(88,89)90)54(77)64-45(29-49(71)72)56(79)65-46(57(80)81)27-32-7-5-4-6-8-32/h4-20,30,39-46H,21-29H2,1-3H3,(H,58,66)(H,59,75)(H,60,76)(H,61,73)(H,62,78)(H,63,74)(H,64,77)(H,65,79)(H,67,68)(H,69,70)(H,71,72)(H,80,81)(H,82,83,84)(H,85,86,87)(H,88,89,90)/t39-,40-,41-,42-,43-,44-,45-,46-/m0/s1. The number of carboxylic acids is 4. The van der Waals surface area contributed by atoms with Gasteiger partial charge in [0.2, 0.25) is 47.3 Å². The second-order valence-corrected chi connectivity index (χ2v) is 24.6. The summed E-state index contributed by atoms with van der Waals surface area (Å²) in [4.78, 5) is 161. The minimum Gasteiger partial charge on any atom is -0.481 e. The van der Waals surface area contributed by atoms with Gasteiger partial charge < -0.3 is 75.5 Å². The summed E-state index contributed by atoms with van der Waals surface area (Å²) in [6.07, 6.45) is -6.27. The highest BCUT2D eigenvalue weighted by atomic mass is 32.3. The quantitative estimate of drug-likeness (QED) is 0.0222. The Hall–Kier alpha value is -10.4. The van der Waals surface area contributed by atoms with Crippen LogP contribution in [0.15, 0.2) is 103 Å². The Balaban J connectivity index is 1.71. The number of nitrogens with one attached hydrogen (secondary N) is 8. The lowest BCUT2D eigenvalue weighted by molar-refractivity contribution is -0.143. The number of carboxylic acid groups (broad SMARTS) is 4. The molecule has 96 heavy (non-hydrogen) atoms. The van der Waals surface area contributed by atoms with Crippen molar-refractivity contribution in [3.05, 3.63) is 125 Å². The van der Waals surface area contributed by atoms with Crippen LogP contribution in [0.4, 0.5) is 0 Å². The van der Waals surface area contributed by atoms with E-state index in [1.165, 1.54) is 24.3 Å². The molecule has 0 unspecified atom stereocenters. The average molecular weight is 1410 g/mol. The largest absolute Gasteiger partial charge is 0.481 e. The van der Waals surface area contributed by atoms with Gasteiger partial charge in [-0.25, -0.2) is 4.79 Å². The van der Waals surface area contributed by atoms with E-state index in [4.69, 9.17) is 9.11 Å². The van der Waals surface area contributed by atoms with Crippen LogP contribution in [-0.4, -0.2) is 179 Å². The van der Waals surface area contributed by atoms with Crippen LogP contribution >= 0.6 is 0 Å². The van der Waals surface area contributed by atoms with Crippen LogP contribution in [0.2, 0.25) is 0 Å². The van der Waals surface area contributed by atoms with Gasteiger partial charge >= 0.3 is 55.1 Å². The SMILES string of the molecule is CC(=O)N[C@@H](Cc1ccc(OS(=O)(=O)O)cc1)C(=O)N[C@@H](CCC(=O)O)C(=O)N[C@@H](Cc1ccc(OS(=O)(=O)O)cc1)C(=O)N[C@@H](CC(C)C)C(=O)N[C@@H](CC(=O)O)C(=O)N[C@@H](Cc1ccc(OS(=O)(=O)O)cc1)C(=O)N[C@@H](CC(=O)O)C(=O)N[C@@H](Cc1ccccc1)C(=O)O. The molecule has 39 heteroatoms. The molecule has 4 aromatic rings. The number of amides is 8. The van der Waals surface area contributed by atoms with Crippen molar-refractivity contribution in [2.75, 3.05) is 0 Å². The van der Waals surface area contributed by atoms with Crippen molar-refractivity contribution in [2.45, 2.75) is 127 Å². The summed E-state index contributed by atoms with van der Waals surface area (Å²) in [7, 11) is -15.1. The van der Waals surface area contributed by atoms with Gasteiger partial charge in [-0.1, -0.05) is 80.6 Å². The molecule has 0 aromatic heterocycles. The molecule has 4 rings (SSSR count). The van der Waals surface area contributed by atoms with E-state index in [0.29, 0.717) is 5.56 Å². The predicted octanol–water partition coefficient (Wildman–Crippen LogP) is -1.65. The third-order valence-corrected chi connectivity index (χ3v) is 14.4. The molecule has 0 radical (unpaired) electrons. The molecular weight excluding hydrogens is 1340 g/mol. The summed E-state index contributed by atoms with van der Waals surface area (Å²) in [5, 5.41) is 57.6. The van der Waals surface area contributed by atoms with Gasteiger partial charge in [-0.2, -0.15) is 25.3 Å². The van der Waals surface area contributed by atoms with Gasteiger partial charge in [0.15, 0.2) is 0 Å². The predicted molar refractivity (Wildman–Crippen MR) is 327 cm³/mol. The molecule has 0 heterocycles. The third-order valence-electron chi connectivity index (χ3n) is 13.2. The van der Waals surface area contributed by atoms with E-state index in [1.54, 1.807) is 32.0 Å². The molecule has 0 saturated heterocycles. The molecule has 15 N–H and O–H groups in total. The van der Waals surface area contributed by atoms with Crippen LogP contribution in [0.1, 0.15) is 75.1 Å². The number of carbonyl (C=O) groups excluding carboxylic acids is 8. The van der Waals surface area contributed by atoms with Crippen LogP contribution < -0.4 is 55.1 Å². The molecule has 0 aliphatic rings. The highest BCUT2D eigenvalue weighted by molar-refractivity contribution is 7.81. The summed E-state index contributed by atoms with van der Waals surface area (Å²) in [6.45, 7) is 4.13. The minimum absolute atomic E-state index is 0.0242. The fraction of sp³-hybridized carbons (Fsp3) is 0.368. The molecule has 8 amide bonds. The highest BCUT2D eigenvalue weighted by Crippen LogP contribution is 2.20. The lowest BCUT2D eigenvalue weighted by Crippen LogP contribution is -2.61. The van der Waals surface area contributed by atoms with Gasteiger partial charge in [0.1, 0.15) is 65.6 Å². The zero-order chi connectivity index (χ0) is 71.8. The molecule has 0 spiro atoms.